The molecule has 0 amide bonds. The van der Waals surface area contributed by atoms with Crippen molar-refractivity contribution < 1.29 is 8.78 Å². The predicted octanol–water partition coefficient (Wildman–Crippen LogP) is 1.39. The van der Waals surface area contributed by atoms with Gasteiger partial charge in [0, 0.05) is 25.4 Å². The lowest BCUT2D eigenvalue weighted by Crippen LogP contribution is -2.41. The fourth-order valence-corrected chi connectivity index (χ4v) is 1.12. The maximum absolute atomic E-state index is 12.4. The minimum Gasteiger partial charge on any atom is -0.314 e. The molecule has 1 saturated heterocycles. The van der Waals surface area contributed by atoms with E-state index in [1.165, 1.54) is 0 Å². The van der Waals surface area contributed by atoms with E-state index in [1.807, 2.05) is 0 Å². The number of hydrogen-bond donors (Lipinski definition) is 1. The van der Waals surface area contributed by atoms with Crippen molar-refractivity contribution >= 4 is 0 Å². The van der Waals surface area contributed by atoms with Crippen molar-refractivity contribution in [1.82, 2.24) is 5.32 Å². The minimum atomic E-state index is -2.41. The van der Waals surface area contributed by atoms with Gasteiger partial charge >= 0.3 is 0 Å². The van der Waals surface area contributed by atoms with Crippen molar-refractivity contribution in [3.63, 3.8) is 0 Å². The first-order chi connectivity index (χ1) is 4.10. The van der Waals surface area contributed by atoms with Gasteiger partial charge < -0.3 is 5.32 Å². The summed E-state index contributed by atoms with van der Waals surface area (Å²) in [7, 11) is 0. The lowest BCUT2D eigenvalue weighted by Gasteiger charge is -2.27. The average molecular weight is 135 g/mol. The van der Waals surface area contributed by atoms with Crippen LogP contribution in [0.25, 0.3) is 0 Å². The van der Waals surface area contributed by atoms with Crippen LogP contribution in [0, 0.1) is 0 Å². The van der Waals surface area contributed by atoms with Crippen LogP contribution in [0.1, 0.15) is 19.8 Å². The summed E-state index contributed by atoms with van der Waals surface area (Å²) in [6.45, 7) is 2.24. The lowest BCUT2D eigenvalue weighted by molar-refractivity contribution is -0.0387. The van der Waals surface area contributed by atoms with E-state index < -0.39 is 5.92 Å². The van der Waals surface area contributed by atoms with Gasteiger partial charge in [0.15, 0.2) is 0 Å². The van der Waals surface area contributed by atoms with E-state index in [2.05, 4.69) is 5.32 Å². The molecule has 54 valence electrons. The smallest absolute Gasteiger partial charge is 0.250 e. The summed E-state index contributed by atoms with van der Waals surface area (Å²) in [5, 5.41) is 2.96. The van der Waals surface area contributed by atoms with Crippen LogP contribution in [0.3, 0.4) is 0 Å². The average Bonchev–Trinajstić information content (AvgIpc) is 1.60. The van der Waals surface area contributed by atoms with E-state index >= 15 is 0 Å². The molecule has 1 aliphatic heterocycles. The van der Waals surface area contributed by atoms with E-state index in [0.29, 0.717) is 6.54 Å². The molecular weight excluding hydrogens is 124 g/mol. The molecule has 1 N–H and O–H groups in total. The molecule has 0 bridgehead atoms. The normalized spacial score (nSPS) is 34.3. The molecule has 0 unspecified atom stereocenters. The highest BCUT2D eigenvalue weighted by Gasteiger charge is 2.33. The number of halogens is 2. The standard InChI is InChI=1S/C6H11F2N/c1-5-4-6(7,8)2-3-9-5/h5,9H,2-4H2,1H3/t5-/m0/s1. The molecule has 0 aliphatic carbocycles. The molecule has 0 spiro atoms. The molecule has 1 fully saturated rings. The van der Waals surface area contributed by atoms with Gasteiger partial charge in [0.1, 0.15) is 0 Å². The maximum Gasteiger partial charge on any atom is 0.250 e. The summed E-state index contributed by atoms with van der Waals surface area (Å²) < 4.78 is 24.8. The number of rotatable bonds is 0. The highest BCUT2D eigenvalue weighted by molar-refractivity contribution is 4.79. The Morgan fingerprint density at radius 3 is 2.56 bits per heavy atom. The molecule has 0 aromatic carbocycles. The van der Waals surface area contributed by atoms with Crippen LogP contribution in [0.15, 0.2) is 0 Å². The van der Waals surface area contributed by atoms with Gasteiger partial charge in [-0.1, -0.05) is 0 Å². The first kappa shape index (κ1) is 6.93. The van der Waals surface area contributed by atoms with Gasteiger partial charge in [-0.3, -0.25) is 0 Å². The zero-order valence-electron chi connectivity index (χ0n) is 5.45. The molecular formula is C6H11F2N. The summed E-state index contributed by atoms with van der Waals surface area (Å²) in [4.78, 5) is 0. The number of piperidine rings is 1. The molecule has 1 rings (SSSR count). The Bertz CT molecular complexity index is 103. The van der Waals surface area contributed by atoms with Crippen LogP contribution in [-0.4, -0.2) is 18.5 Å². The van der Waals surface area contributed by atoms with Crippen LogP contribution in [-0.2, 0) is 0 Å². The predicted molar refractivity (Wildman–Crippen MR) is 31.6 cm³/mol. The number of alkyl halides is 2. The largest absolute Gasteiger partial charge is 0.314 e. The third-order valence-electron chi connectivity index (χ3n) is 1.59. The van der Waals surface area contributed by atoms with E-state index in [1.54, 1.807) is 6.92 Å². The minimum absolute atomic E-state index is 0.00264. The molecule has 1 nitrogen and oxygen atoms in total. The molecule has 1 atom stereocenters. The van der Waals surface area contributed by atoms with Gasteiger partial charge in [-0.05, 0) is 6.92 Å². The molecule has 0 radical (unpaired) electrons. The SMILES string of the molecule is C[C@H]1CC(F)(F)CCN1. The van der Waals surface area contributed by atoms with Gasteiger partial charge in [0.05, 0.1) is 0 Å². The highest BCUT2D eigenvalue weighted by Crippen LogP contribution is 2.26. The second kappa shape index (κ2) is 2.21. The quantitative estimate of drug-likeness (QED) is 0.529. The summed E-state index contributed by atoms with van der Waals surface area (Å²) in [5.41, 5.74) is 0. The Morgan fingerprint density at radius 1 is 1.56 bits per heavy atom. The van der Waals surface area contributed by atoms with E-state index in [9.17, 15) is 8.78 Å². The molecule has 3 heteroatoms. The van der Waals surface area contributed by atoms with Gasteiger partial charge in [0.25, 0.3) is 5.92 Å². The van der Waals surface area contributed by atoms with Crippen molar-refractivity contribution in [2.24, 2.45) is 0 Å². The Morgan fingerprint density at radius 2 is 2.22 bits per heavy atom. The van der Waals surface area contributed by atoms with Gasteiger partial charge in [-0.25, -0.2) is 8.78 Å². The van der Waals surface area contributed by atoms with Crippen molar-refractivity contribution in [2.45, 2.75) is 31.7 Å². The topological polar surface area (TPSA) is 12.0 Å². The fourth-order valence-electron chi connectivity index (χ4n) is 1.12. The Kier molecular flexibility index (Phi) is 1.70. The van der Waals surface area contributed by atoms with E-state index in [4.69, 9.17) is 0 Å². The number of hydrogen-bond acceptors (Lipinski definition) is 1. The van der Waals surface area contributed by atoms with E-state index in [-0.39, 0.29) is 18.9 Å². The molecule has 9 heavy (non-hydrogen) atoms. The van der Waals surface area contributed by atoms with Crippen LogP contribution in [0.5, 0.6) is 0 Å². The van der Waals surface area contributed by atoms with Crippen LogP contribution < -0.4 is 5.32 Å². The zero-order chi connectivity index (χ0) is 6.91. The summed E-state index contributed by atoms with van der Waals surface area (Å²) >= 11 is 0. The van der Waals surface area contributed by atoms with Crippen LogP contribution in [0.2, 0.25) is 0 Å². The summed E-state index contributed by atoms with van der Waals surface area (Å²) in [6, 6.07) is -0.0197. The molecule has 0 aromatic rings. The van der Waals surface area contributed by atoms with Crippen molar-refractivity contribution in [2.75, 3.05) is 6.54 Å². The van der Waals surface area contributed by atoms with Gasteiger partial charge in [0.2, 0.25) is 0 Å². The zero-order valence-corrected chi connectivity index (χ0v) is 5.45. The van der Waals surface area contributed by atoms with Crippen molar-refractivity contribution in [3.05, 3.63) is 0 Å². The third-order valence-corrected chi connectivity index (χ3v) is 1.59. The van der Waals surface area contributed by atoms with Gasteiger partial charge in [-0.2, -0.15) is 0 Å². The van der Waals surface area contributed by atoms with Crippen molar-refractivity contribution in [1.29, 1.82) is 0 Å². The molecule has 0 saturated carbocycles. The molecule has 0 aromatic heterocycles. The maximum atomic E-state index is 12.4. The molecule has 1 heterocycles. The molecule has 1 aliphatic rings. The summed E-state index contributed by atoms with van der Waals surface area (Å²) in [6.07, 6.45) is -0.00958. The highest BCUT2D eigenvalue weighted by atomic mass is 19.3. The lowest BCUT2D eigenvalue weighted by atomic mass is 10.0. The number of nitrogens with one attached hydrogen (secondary N) is 1. The second-order valence-corrected chi connectivity index (χ2v) is 2.67. The first-order valence-electron chi connectivity index (χ1n) is 3.21. The monoisotopic (exact) mass is 135 g/mol. The van der Waals surface area contributed by atoms with Crippen molar-refractivity contribution in [3.8, 4) is 0 Å². The van der Waals surface area contributed by atoms with E-state index in [0.717, 1.165) is 0 Å². The fraction of sp³-hybridized carbons (Fsp3) is 1.00. The Balaban J connectivity index is 2.41. The van der Waals surface area contributed by atoms with Crippen LogP contribution >= 0.6 is 0 Å². The second-order valence-electron chi connectivity index (χ2n) is 2.67. The summed E-state index contributed by atoms with van der Waals surface area (Å²) in [5.74, 6) is -2.41. The first-order valence-corrected chi connectivity index (χ1v) is 3.21. The Labute approximate surface area is 53.4 Å². The third kappa shape index (κ3) is 1.90. The van der Waals surface area contributed by atoms with Gasteiger partial charge in [-0.15, -0.1) is 0 Å². The van der Waals surface area contributed by atoms with Crippen LogP contribution in [0.4, 0.5) is 8.78 Å². The Hall–Kier alpha value is -0.180.